The molecular formula is C39H54N4O2. The molecule has 1 amide bonds. The van der Waals surface area contributed by atoms with Crippen molar-refractivity contribution < 1.29 is 9.53 Å². The average molecular weight is 611 g/mol. The number of amides is 1. The lowest BCUT2D eigenvalue weighted by Crippen LogP contribution is -2.49. The van der Waals surface area contributed by atoms with Crippen molar-refractivity contribution in [2.75, 3.05) is 52.5 Å². The molecule has 242 valence electrons. The third-order valence-electron chi connectivity index (χ3n) is 10.1. The Kier molecular flexibility index (Phi) is 12.2. The van der Waals surface area contributed by atoms with E-state index in [-0.39, 0.29) is 11.8 Å². The monoisotopic (exact) mass is 610 g/mol. The Morgan fingerprint density at radius 3 is 1.96 bits per heavy atom. The number of benzene rings is 3. The van der Waals surface area contributed by atoms with E-state index >= 15 is 0 Å². The molecule has 0 radical (unpaired) electrons. The van der Waals surface area contributed by atoms with Gasteiger partial charge in [0.1, 0.15) is 5.41 Å². The Morgan fingerprint density at radius 1 is 0.822 bits per heavy atom. The number of piperidine rings is 1. The van der Waals surface area contributed by atoms with Gasteiger partial charge in [0, 0.05) is 51.5 Å². The summed E-state index contributed by atoms with van der Waals surface area (Å²) >= 11 is 0. The molecule has 2 N–H and O–H groups in total. The number of likely N-dealkylation sites (tertiary alicyclic amines) is 2. The van der Waals surface area contributed by atoms with Crippen LogP contribution in [0.25, 0.3) is 0 Å². The van der Waals surface area contributed by atoms with Crippen LogP contribution in [0.2, 0.25) is 0 Å². The highest BCUT2D eigenvalue weighted by Crippen LogP contribution is 2.43. The highest BCUT2D eigenvalue weighted by atomic mass is 16.5. The zero-order valence-electron chi connectivity index (χ0n) is 27.5. The number of hydrogen-bond acceptors (Lipinski definition) is 5. The molecule has 0 spiro atoms. The van der Waals surface area contributed by atoms with Gasteiger partial charge in [0.05, 0.1) is 0 Å². The summed E-state index contributed by atoms with van der Waals surface area (Å²) in [6, 6.07) is 32.3. The van der Waals surface area contributed by atoms with E-state index in [1.54, 1.807) is 0 Å². The van der Waals surface area contributed by atoms with Gasteiger partial charge in [0.25, 0.3) is 0 Å². The highest BCUT2D eigenvalue weighted by Gasteiger charge is 2.49. The molecule has 0 aliphatic carbocycles. The molecule has 1 atom stereocenters. The molecule has 6 heteroatoms. The van der Waals surface area contributed by atoms with Crippen molar-refractivity contribution >= 4 is 5.91 Å². The second kappa shape index (κ2) is 16.5. The number of carbonyl (C=O) groups is 1. The number of nitrogens with two attached hydrogens (primary N) is 1. The zero-order valence-corrected chi connectivity index (χ0v) is 27.5. The molecule has 0 bridgehead atoms. The van der Waals surface area contributed by atoms with Crippen LogP contribution < -0.4 is 5.73 Å². The van der Waals surface area contributed by atoms with Gasteiger partial charge in [0.15, 0.2) is 0 Å². The molecule has 0 unspecified atom stereocenters. The fourth-order valence-electron chi connectivity index (χ4n) is 7.87. The van der Waals surface area contributed by atoms with Gasteiger partial charge in [-0.2, -0.15) is 0 Å². The van der Waals surface area contributed by atoms with Crippen LogP contribution >= 0.6 is 0 Å². The number of primary amides is 1. The first-order chi connectivity index (χ1) is 22.0. The zero-order chi connectivity index (χ0) is 31.5. The van der Waals surface area contributed by atoms with Gasteiger partial charge < -0.3 is 15.4 Å². The van der Waals surface area contributed by atoms with Crippen molar-refractivity contribution in [2.45, 2.75) is 70.0 Å². The molecule has 0 aromatic heterocycles. The van der Waals surface area contributed by atoms with E-state index in [4.69, 9.17) is 10.5 Å². The van der Waals surface area contributed by atoms with Crippen LogP contribution in [-0.2, 0) is 21.5 Å². The molecule has 6 nitrogen and oxygen atoms in total. The van der Waals surface area contributed by atoms with Gasteiger partial charge in [-0.25, -0.2) is 0 Å². The Morgan fingerprint density at radius 2 is 1.38 bits per heavy atom. The summed E-state index contributed by atoms with van der Waals surface area (Å²) in [6.45, 7) is 13.6. The van der Waals surface area contributed by atoms with Crippen molar-refractivity contribution in [2.24, 2.45) is 11.7 Å². The molecule has 2 fully saturated rings. The summed E-state index contributed by atoms with van der Waals surface area (Å²) < 4.78 is 6.13. The molecule has 2 heterocycles. The van der Waals surface area contributed by atoms with E-state index in [1.807, 2.05) is 36.4 Å². The Bertz CT molecular complexity index is 1240. The largest absolute Gasteiger partial charge is 0.381 e. The summed E-state index contributed by atoms with van der Waals surface area (Å²) in [4.78, 5) is 21.1. The third kappa shape index (κ3) is 8.42. The molecule has 3 aromatic carbocycles. The van der Waals surface area contributed by atoms with Gasteiger partial charge in [0.2, 0.25) is 5.91 Å². The quantitative estimate of drug-likeness (QED) is 0.203. The lowest BCUT2D eigenvalue weighted by molar-refractivity contribution is -0.123. The summed E-state index contributed by atoms with van der Waals surface area (Å²) in [7, 11) is 0. The van der Waals surface area contributed by atoms with E-state index < -0.39 is 5.41 Å². The van der Waals surface area contributed by atoms with Crippen LogP contribution in [0, 0.1) is 5.92 Å². The summed E-state index contributed by atoms with van der Waals surface area (Å²) in [5.74, 6) is -0.129. The molecule has 2 saturated heterocycles. The van der Waals surface area contributed by atoms with Crippen molar-refractivity contribution in [3.8, 4) is 0 Å². The SMILES string of the molecule is CC(C)N(CCCOCCCN1CC[C@@H](C(C(N)=O)(c2ccccc2)c2ccccc2)C1)C1CCN(Cc2ccccc2)CC1. The van der Waals surface area contributed by atoms with Gasteiger partial charge >= 0.3 is 0 Å². The van der Waals surface area contributed by atoms with E-state index in [0.29, 0.717) is 12.1 Å². The second-order valence-corrected chi connectivity index (χ2v) is 13.3. The predicted molar refractivity (Wildman–Crippen MR) is 184 cm³/mol. The number of hydrogen-bond donors (Lipinski definition) is 1. The molecule has 2 aliphatic heterocycles. The summed E-state index contributed by atoms with van der Waals surface area (Å²) in [5.41, 5.74) is 8.84. The topological polar surface area (TPSA) is 62.0 Å². The van der Waals surface area contributed by atoms with Gasteiger partial charge in [-0.05, 0) is 88.2 Å². The smallest absolute Gasteiger partial charge is 0.232 e. The summed E-state index contributed by atoms with van der Waals surface area (Å²) in [5, 5.41) is 0. The minimum absolute atomic E-state index is 0.132. The van der Waals surface area contributed by atoms with Gasteiger partial charge in [-0.15, -0.1) is 0 Å². The molecule has 0 saturated carbocycles. The number of ether oxygens (including phenoxy) is 1. The molecule has 45 heavy (non-hydrogen) atoms. The van der Waals surface area contributed by atoms with Gasteiger partial charge in [-0.1, -0.05) is 91.0 Å². The standard InChI is InChI=1S/C39H54N4O2/c1-32(2)43(37-21-26-42(27-22-37)30-33-14-6-3-7-15-33)24-13-29-45-28-12-23-41-25-20-36(31-41)39(38(40)44,34-16-8-4-9-17-34)35-18-10-5-11-19-35/h3-11,14-19,32,36-37H,12-13,20-31H2,1-2H3,(H2,40,44)/t36-/m1/s1. The van der Waals surface area contributed by atoms with Gasteiger partial charge in [-0.3, -0.25) is 14.6 Å². The summed E-state index contributed by atoms with van der Waals surface area (Å²) in [6.07, 6.45) is 5.51. The van der Waals surface area contributed by atoms with Crippen LogP contribution in [-0.4, -0.2) is 85.2 Å². The maximum Gasteiger partial charge on any atom is 0.232 e. The minimum Gasteiger partial charge on any atom is -0.381 e. The second-order valence-electron chi connectivity index (χ2n) is 13.3. The molecule has 5 rings (SSSR count). The van der Waals surface area contributed by atoms with Crippen LogP contribution in [0.4, 0.5) is 0 Å². The van der Waals surface area contributed by atoms with E-state index in [9.17, 15) is 4.79 Å². The molecule has 3 aromatic rings. The number of carbonyl (C=O) groups excluding carboxylic acids is 1. The first kappa shape index (κ1) is 33.3. The average Bonchev–Trinajstić information content (AvgIpc) is 3.53. The third-order valence-corrected chi connectivity index (χ3v) is 10.1. The van der Waals surface area contributed by atoms with E-state index in [0.717, 1.165) is 76.3 Å². The van der Waals surface area contributed by atoms with Crippen molar-refractivity contribution in [1.82, 2.24) is 14.7 Å². The molecular weight excluding hydrogens is 556 g/mol. The Balaban J connectivity index is 1.03. The number of rotatable bonds is 16. The Labute approximate surface area is 271 Å². The van der Waals surface area contributed by atoms with Crippen LogP contribution in [0.5, 0.6) is 0 Å². The first-order valence-corrected chi connectivity index (χ1v) is 17.2. The maximum absolute atomic E-state index is 13.3. The predicted octanol–water partition coefficient (Wildman–Crippen LogP) is 5.95. The van der Waals surface area contributed by atoms with Crippen molar-refractivity contribution in [1.29, 1.82) is 0 Å². The minimum atomic E-state index is -0.825. The van der Waals surface area contributed by atoms with Crippen molar-refractivity contribution in [3.05, 3.63) is 108 Å². The lowest BCUT2D eigenvalue weighted by atomic mass is 9.64. The first-order valence-electron chi connectivity index (χ1n) is 17.2. The lowest BCUT2D eigenvalue weighted by Gasteiger charge is -2.40. The molecule has 2 aliphatic rings. The highest BCUT2D eigenvalue weighted by molar-refractivity contribution is 5.91. The van der Waals surface area contributed by atoms with Crippen molar-refractivity contribution in [3.63, 3.8) is 0 Å². The fourth-order valence-corrected chi connectivity index (χ4v) is 7.87. The maximum atomic E-state index is 13.3. The van der Waals surface area contributed by atoms with Crippen LogP contribution in [0.3, 0.4) is 0 Å². The van der Waals surface area contributed by atoms with E-state index in [1.165, 1.54) is 31.5 Å². The Hall–Kier alpha value is -3.03. The van der Waals surface area contributed by atoms with Crippen LogP contribution in [0.1, 0.15) is 62.6 Å². The number of nitrogens with zero attached hydrogens (tertiary/aromatic N) is 3. The normalized spacial score (nSPS) is 18.6. The van der Waals surface area contributed by atoms with E-state index in [2.05, 4.69) is 83.1 Å². The fraction of sp³-hybridized carbons (Fsp3) is 0.513. The van der Waals surface area contributed by atoms with Crippen LogP contribution in [0.15, 0.2) is 91.0 Å².